The number of nitrogens with zero attached hydrogens (tertiary/aromatic N) is 1. The number of pyridine rings is 1. The first-order valence-electron chi connectivity index (χ1n) is 4.70. The number of allylic oxidation sites excluding steroid dienone is 1. The molecule has 0 saturated heterocycles. The summed E-state index contributed by atoms with van der Waals surface area (Å²) in [5, 5.41) is 0. The molecule has 1 rings (SSSR count). The zero-order chi connectivity index (χ0) is 10.6. The number of aryl methyl sites for hydroxylation is 1. The molecule has 0 N–H and O–H groups in total. The van der Waals surface area contributed by atoms with Gasteiger partial charge in [0.25, 0.3) is 0 Å². The number of hydrogen-bond acceptors (Lipinski definition) is 2. The predicted molar refractivity (Wildman–Crippen MR) is 57.4 cm³/mol. The number of carbonyl (C=O) groups excluding carboxylic acids is 1. The standard InChI is InChI=1S/C12H15NO/c1-9(2)4-5-12(14)11-8-10(3)6-7-13-11/h6-8H,1,4-5H2,2-3H3. The summed E-state index contributed by atoms with van der Waals surface area (Å²) < 4.78 is 0. The van der Waals surface area contributed by atoms with E-state index < -0.39 is 0 Å². The van der Waals surface area contributed by atoms with Gasteiger partial charge in [0.05, 0.1) is 0 Å². The molecular formula is C12H15NO. The van der Waals surface area contributed by atoms with Crippen LogP contribution in [0.3, 0.4) is 0 Å². The van der Waals surface area contributed by atoms with Gasteiger partial charge in [0.2, 0.25) is 0 Å². The first-order valence-corrected chi connectivity index (χ1v) is 4.70. The summed E-state index contributed by atoms with van der Waals surface area (Å²) >= 11 is 0. The average Bonchev–Trinajstić information content (AvgIpc) is 2.14. The van der Waals surface area contributed by atoms with Crippen molar-refractivity contribution in [1.82, 2.24) is 4.98 Å². The van der Waals surface area contributed by atoms with Crippen LogP contribution in [0, 0.1) is 6.92 Å². The lowest BCUT2D eigenvalue weighted by Crippen LogP contribution is -2.02. The highest BCUT2D eigenvalue weighted by Gasteiger charge is 2.06. The van der Waals surface area contributed by atoms with E-state index in [1.807, 2.05) is 26.0 Å². The smallest absolute Gasteiger partial charge is 0.181 e. The van der Waals surface area contributed by atoms with Gasteiger partial charge in [0.1, 0.15) is 5.69 Å². The molecule has 0 aliphatic carbocycles. The third-order valence-corrected chi connectivity index (χ3v) is 1.98. The second kappa shape index (κ2) is 4.70. The van der Waals surface area contributed by atoms with Gasteiger partial charge in [-0.15, -0.1) is 6.58 Å². The second-order valence-corrected chi connectivity index (χ2v) is 3.60. The van der Waals surface area contributed by atoms with Crippen LogP contribution in [0.5, 0.6) is 0 Å². The predicted octanol–water partition coefficient (Wildman–Crippen LogP) is 2.93. The van der Waals surface area contributed by atoms with Crippen LogP contribution in [0.1, 0.15) is 35.8 Å². The maximum absolute atomic E-state index is 11.6. The van der Waals surface area contributed by atoms with Gasteiger partial charge in [-0.3, -0.25) is 9.78 Å². The Hall–Kier alpha value is -1.44. The summed E-state index contributed by atoms with van der Waals surface area (Å²) in [6.07, 6.45) is 2.92. The maximum atomic E-state index is 11.6. The second-order valence-electron chi connectivity index (χ2n) is 3.60. The minimum atomic E-state index is 0.0942. The van der Waals surface area contributed by atoms with Gasteiger partial charge >= 0.3 is 0 Å². The summed E-state index contributed by atoms with van der Waals surface area (Å²) in [6, 6.07) is 3.70. The Kier molecular flexibility index (Phi) is 3.57. The SMILES string of the molecule is C=C(C)CCC(=O)c1cc(C)ccn1. The van der Waals surface area contributed by atoms with Gasteiger partial charge in [0.15, 0.2) is 5.78 Å². The summed E-state index contributed by atoms with van der Waals surface area (Å²) in [4.78, 5) is 15.6. The van der Waals surface area contributed by atoms with Crippen molar-refractivity contribution in [3.63, 3.8) is 0 Å². The van der Waals surface area contributed by atoms with E-state index in [0.717, 1.165) is 17.6 Å². The minimum Gasteiger partial charge on any atom is -0.292 e. The monoisotopic (exact) mass is 189 g/mol. The molecule has 74 valence electrons. The topological polar surface area (TPSA) is 30.0 Å². The van der Waals surface area contributed by atoms with Gasteiger partial charge in [0, 0.05) is 12.6 Å². The van der Waals surface area contributed by atoms with Crippen LogP contribution in [0.25, 0.3) is 0 Å². The van der Waals surface area contributed by atoms with E-state index in [0.29, 0.717) is 12.1 Å². The first-order chi connectivity index (χ1) is 6.59. The van der Waals surface area contributed by atoms with Crippen molar-refractivity contribution in [3.8, 4) is 0 Å². The van der Waals surface area contributed by atoms with Crippen LogP contribution in [-0.4, -0.2) is 10.8 Å². The fourth-order valence-corrected chi connectivity index (χ4v) is 1.14. The van der Waals surface area contributed by atoms with Crippen molar-refractivity contribution in [1.29, 1.82) is 0 Å². The Labute approximate surface area is 84.7 Å². The van der Waals surface area contributed by atoms with Crippen molar-refractivity contribution < 1.29 is 4.79 Å². The average molecular weight is 189 g/mol. The van der Waals surface area contributed by atoms with Crippen molar-refractivity contribution >= 4 is 5.78 Å². The highest BCUT2D eigenvalue weighted by molar-refractivity contribution is 5.94. The van der Waals surface area contributed by atoms with Crippen molar-refractivity contribution in [3.05, 3.63) is 41.7 Å². The molecule has 0 spiro atoms. The lowest BCUT2D eigenvalue weighted by molar-refractivity contribution is 0.0978. The molecule has 0 amide bonds. The molecule has 1 aromatic heterocycles. The number of hydrogen-bond donors (Lipinski definition) is 0. The third-order valence-electron chi connectivity index (χ3n) is 1.98. The molecule has 0 aromatic carbocycles. The van der Waals surface area contributed by atoms with E-state index in [9.17, 15) is 4.79 Å². The summed E-state index contributed by atoms with van der Waals surface area (Å²) in [7, 11) is 0. The van der Waals surface area contributed by atoms with Crippen LogP contribution in [0.15, 0.2) is 30.5 Å². The molecule has 0 fully saturated rings. The summed E-state index contributed by atoms with van der Waals surface area (Å²) in [5.41, 5.74) is 2.66. The number of carbonyl (C=O) groups is 1. The van der Waals surface area contributed by atoms with Crippen LogP contribution in [-0.2, 0) is 0 Å². The third kappa shape index (κ3) is 3.13. The van der Waals surface area contributed by atoms with Crippen molar-refractivity contribution in [2.24, 2.45) is 0 Å². The van der Waals surface area contributed by atoms with Crippen molar-refractivity contribution in [2.75, 3.05) is 0 Å². The largest absolute Gasteiger partial charge is 0.292 e. The number of ketones is 1. The Balaban J connectivity index is 2.65. The number of aromatic nitrogens is 1. The molecule has 0 atom stereocenters. The zero-order valence-electron chi connectivity index (χ0n) is 8.71. The molecule has 1 heterocycles. The quantitative estimate of drug-likeness (QED) is 0.538. The van der Waals surface area contributed by atoms with E-state index in [4.69, 9.17) is 0 Å². The van der Waals surface area contributed by atoms with Gasteiger partial charge in [-0.1, -0.05) is 5.57 Å². The van der Waals surface area contributed by atoms with Gasteiger partial charge in [-0.05, 0) is 38.0 Å². The highest BCUT2D eigenvalue weighted by atomic mass is 16.1. The Bertz CT molecular complexity index is 355. The normalized spacial score (nSPS) is 9.86. The maximum Gasteiger partial charge on any atom is 0.181 e. The van der Waals surface area contributed by atoms with Crippen molar-refractivity contribution in [2.45, 2.75) is 26.7 Å². The molecule has 0 aliphatic heterocycles. The molecule has 0 radical (unpaired) electrons. The molecule has 2 nitrogen and oxygen atoms in total. The van der Waals surface area contributed by atoms with E-state index in [1.54, 1.807) is 6.20 Å². The molecule has 0 saturated carbocycles. The van der Waals surface area contributed by atoms with Crippen LogP contribution < -0.4 is 0 Å². The Morgan fingerprint density at radius 2 is 2.21 bits per heavy atom. The number of Topliss-reactive ketones (excluding diaryl/α,β-unsaturated/α-hetero) is 1. The Morgan fingerprint density at radius 3 is 2.79 bits per heavy atom. The summed E-state index contributed by atoms with van der Waals surface area (Å²) in [5.74, 6) is 0.0942. The van der Waals surface area contributed by atoms with Gasteiger partial charge in [-0.2, -0.15) is 0 Å². The molecule has 0 unspecified atom stereocenters. The van der Waals surface area contributed by atoms with Gasteiger partial charge in [-0.25, -0.2) is 0 Å². The number of rotatable bonds is 4. The summed E-state index contributed by atoms with van der Waals surface area (Å²) in [6.45, 7) is 7.65. The van der Waals surface area contributed by atoms with E-state index >= 15 is 0 Å². The Morgan fingerprint density at radius 1 is 1.50 bits per heavy atom. The van der Waals surface area contributed by atoms with E-state index in [1.165, 1.54) is 0 Å². The molecule has 0 bridgehead atoms. The molecule has 0 aliphatic rings. The highest BCUT2D eigenvalue weighted by Crippen LogP contribution is 2.08. The van der Waals surface area contributed by atoms with Crippen LogP contribution >= 0.6 is 0 Å². The van der Waals surface area contributed by atoms with Crippen LogP contribution in [0.2, 0.25) is 0 Å². The minimum absolute atomic E-state index is 0.0942. The van der Waals surface area contributed by atoms with Gasteiger partial charge < -0.3 is 0 Å². The van der Waals surface area contributed by atoms with E-state index in [-0.39, 0.29) is 5.78 Å². The first kappa shape index (κ1) is 10.6. The lowest BCUT2D eigenvalue weighted by Gasteiger charge is -2.00. The van der Waals surface area contributed by atoms with E-state index in [2.05, 4.69) is 11.6 Å². The fraction of sp³-hybridized carbons (Fsp3) is 0.333. The molecular weight excluding hydrogens is 174 g/mol. The van der Waals surface area contributed by atoms with Crippen LogP contribution in [0.4, 0.5) is 0 Å². The molecule has 2 heteroatoms. The fourth-order valence-electron chi connectivity index (χ4n) is 1.14. The molecule has 14 heavy (non-hydrogen) atoms. The zero-order valence-corrected chi connectivity index (χ0v) is 8.71. The molecule has 1 aromatic rings. The lowest BCUT2D eigenvalue weighted by atomic mass is 10.1.